The summed E-state index contributed by atoms with van der Waals surface area (Å²) >= 11 is 4.40. The third-order valence-corrected chi connectivity index (χ3v) is 3.48. The maximum Gasteiger partial charge on any atom is 0.253 e. The molecular formula is C12H9ClO2S. The molecule has 0 aliphatic rings. The first-order valence-electron chi connectivity index (χ1n) is 4.65. The molecule has 0 amide bonds. The molecule has 0 radical (unpaired) electrons. The lowest BCUT2D eigenvalue weighted by atomic mass is 10.1. The van der Waals surface area contributed by atoms with Crippen LogP contribution in [0.1, 0.15) is 10.4 Å². The van der Waals surface area contributed by atoms with E-state index in [2.05, 4.69) is 0 Å². The molecule has 2 rings (SSSR count). The first-order chi connectivity index (χ1) is 7.59. The molecule has 1 atom stereocenters. The summed E-state index contributed by atoms with van der Waals surface area (Å²) in [5, 5.41) is 1.14. The monoisotopic (exact) mass is 252 g/mol. The van der Waals surface area contributed by atoms with Gasteiger partial charge in [-0.25, -0.2) is 0 Å². The van der Waals surface area contributed by atoms with E-state index in [0.717, 1.165) is 10.8 Å². The van der Waals surface area contributed by atoms with E-state index in [1.807, 2.05) is 30.3 Å². The minimum atomic E-state index is -1.12. The summed E-state index contributed by atoms with van der Waals surface area (Å²) in [4.78, 5) is 11.9. The van der Waals surface area contributed by atoms with Gasteiger partial charge in [0.05, 0.1) is 0 Å². The van der Waals surface area contributed by atoms with E-state index in [-0.39, 0.29) is 0 Å². The predicted octanol–water partition coefficient (Wildman–Crippen LogP) is 2.96. The van der Waals surface area contributed by atoms with Crippen LogP contribution in [0.3, 0.4) is 0 Å². The van der Waals surface area contributed by atoms with Gasteiger partial charge in [0.15, 0.2) is 4.90 Å². The quantitative estimate of drug-likeness (QED) is 0.609. The lowest BCUT2D eigenvalue weighted by Crippen LogP contribution is -2.00. The smallest absolute Gasteiger partial charge is 0.253 e. The molecule has 0 fully saturated rings. The van der Waals surface area contributed by atoms with E-state index < -0.39 is 16.4 Å². The van der Waals surface area contributed by atoms with Gasteiger partial charge in [0, 0.05) is 17.7 Å². The molecule has 2 aromatic carbocycles. The van der Waals surface area contributed by atoms with Crippen LogP contribution in [0.4, 0.5) is 0 Å². The Morgan fingerprint density at radius 2 is 2.00 bits per heavy atom. The largest absolute Gasteiger partial charge is 0.612 e. The molecule has 0 saturated carbocycles. The lowest BCUT2D eigenvalue weighted by molar-refractivity contribution is 0.108. The Hall–Kier alpha value is -1.03. The molecule has 0 aromatic heterocycles. The first kappa shape index (κ1) is 11.5. The van der Waals surface area contributed by atoms with Crippen LogP contribution in [0.15, 0.2) is 41.3 Å². The molecule has 0 saturated heterocycles. The fourth-order valence-electron chi connectivity index (χ4n) is 1.61. The van der Waals surface area contributed by atoms with Gasteiger partial charge in [0.1, 0.15) is 6.26 Å². The van der Waals surface area contributed by atoms with E-state index in [1.165, 1.54) is 0 Å². The molecule has 1 unspecified atom stereocenters. The molecule has 0 aliphatic carbocycles. The van der Waals surface area contributed by atoms with E-state index in [4.69, 9.17) is 11.6 Å². The van der Waals surface area contributed by atoms with Gasteiger partial charge in [-0.1, -0.05) is 24.3 Å². The Labute approximate surface area is 101 Å². The highest BCUT2D eigenvalue weighted by Gasteiger charge is 2.13. The second-order valence-corrected chi connectivity index (χ2v) is 5.14. The Kier molecular flexibility index (Phi) is 3.19. The molecule has 2 nitrogen and oxygen atoms in total. The summed E-state index contributed by atoms with van der Waals surface area (Å²) in [5.74, 6) is 0. The highest BCUT2D eigenvalue weighted by atomic mass is 35.5. The molecular weight excluding hydrogens is 244 g/mol. The minimum Gasteiger partial charge on any atom is -0.612 e. The molecule has 0 heterocycles. The van der Waals surface area contributed by atoms with Gasteiger partial charge in [0.2, 0.25) is 0 Å². The Bertz CT molecular complexity index is 552. The van der Waals surface area contributed by atoms with Gasteiger partial charge in [-0.15, -0.1) is 0 Å². The van der Waals surface area contributed by atoms with Crippen molar-refractivity contribution in [2.75, 3.05) is 6.26 Å². The number of hydrogen-bond donors (Lipinski definition) is 0. The second-order valence-electron chi connectivity index (χ2n) is 3.42. The first-order valence-corrected chi connectivity index (χ1v) is 6.59. The van der Waals surface area contributed by atoms with Crippen molar-refractivity contribution in [2.24, 2.45) is 0 Å². The zero-order chi connectivity index (χ0) is 11.7. The molecule has 0 spiro atoms. The van der Waals surface area contributed by atoms with Crippen molar-refractivity contribution in [3.8, 4) is 0 Å². The van der Waals surface area contributed by atoms with Crippen molar-refractivity contribution in [3.05, 3.63) is 42.0 Å². The van der Waals surface area contributed by atoms with Crippen LogP contribution in [0, 0.1) is 0 Å². The Morgan fingerprint density at radius 3 is 2.62 bits per heavy atom. The molecule has 0 aliphatic heterocycles. The summed E-state index contributed by atoms with van der Waals surface area (Å²) in [6, 6.07) is 10.8. The normalized spacial score (nSPS) is 12.7. The van der Waals surface area contributed by atoms with Gasteiger partial charge in [-0.3, -0.25) is 4.79 Å². The van der Waals surface area contributed by atoms with Crippen molar-refractivity contribution >= 4 is 38.8 Å². The zero-order valence-corrected chi connectivity index (χ0v) is 10.1. The molecule has 0 N–H and O–H groups in total. The number of fused-ring (bicyclic) bond motifs is 1. The van der Waals surface area contributed by atoms with E-state index >= 15 is 0 Å². The van der Waals surface area contributed by atoms with Crippen LogP contribution in [0.2, 0.25) is 0 Å². The van der Waals surface area contributed by atoms with Gasteiger partial charge in [-0.05, 0) is 33.5 Å². The summed E-state index contributed by atoms with van der Waals surface area (Å²) in [6.07, 6.45) is 1.58. The summed E-state index contributed by atoms with van der Waals surface area (Å²) in [6.45, 7) is 0. The van der Waals surface area contributed by atoms with Crippen molar-refractivity contribution in [2.45, 2.75) is 4.90 Å². The molecule has 16 heavy (non-hydrogen) atoms. The van der Waals surface area contributed by atoms with Crippen LogP contribution in [-0.2, 0) is 11.2 Å². The van der Waals surface area contributed by atoms with Crippen molar-refractivity contribution in [1.82, 2.24) is 0 Å². The number of halogens is 1. The number of rotatable bonds is 2. The van der Waals surface area contributed by atoms with Crippen LogP contribution in [0.25, 0.3) is 10.8 Å². The second kappa shape index (κ2) is 4.45. The third kappa shape index (κ3) is 2.07. The average molecular weight is 253 g/mol. The summed E-state index contributed by atoms with van der Waals surface area (Å²) < 4.78 is 11.4. The number of benzene rings is 2. The molecule has 0 bridgehead atoms. The fraction of sp³-hybridized carbons (Fsp3) is 0.0833. The van der Waals surface area contributed by atoms with Gasteiger partial charge >= 0.3 is 0 Å². The van der Waals surface area contributed by atoms with Crippen molar-refractivity contribution in [1.29, 1.82) is 0 Å². The van der Waals surface area contributed by atoms with Crippen molar-refractivity contribution < 1.29 is 9.35 Å². The van der Waals surface area contributed by atoms with Crippen LogP contribution in [-0.4, -0.2) is 16.1 Å². The minimum absolute atomic E-state index is 0.407. The maximum absolute atomic E-state index is 11.4. The zero-order valence-electron chi connectivity index (χ0n) is 8.57. The third-order valence-electron chi connectivity index (χ3n) is 2.38. The number of hydrogen-bond acceptors (Lipinski definition) is 2. The van der Waals surface area contributed by atoms with Gasteiger partial charge in [0.25, 0.3) is 5.24 Å². The number of carbonyl (C=O) groups excluding carboxylic acids is 1. The maximum atomic E-state index is 11.4. The fourth-order valence-corrected chi connectivity index (χ4v) is 2.34. The molecule has 82 valence electrons. The van der Waals surface area contributed by atoms with Crippen molar-refractivity contribution in [3.63, 3.8) is 0 Å². The SMILES string of the molecule is C[S+]([O-])c1cc(C(=O)Cl)c2ccccc2c1. The van der Waals surface area contributed by atoms with E-state index in [0.29, 0.717) is 10.5 Å². The summed E-state index contributed by atoms with van der Waals surface area (Å²) in [7, 11) is 0. The van der Waals surface area contributed by atoms with E-state index in [1.54, 1.807) is 12.3 Å². The van der Waals surface area contributed by atoms with Gasteiger partial charge in [-0.2, -0.15) is 0 Å². The Balaban J connectivity index is 2.79. The average Bonchev–Trinajstić information content (AvgIpc) is 2.27. The van der Waals surface area contributed by atoms with Gasteiger partial charge < -0.3 is 4.55 Å². The highest BCUT2D eigenvalue weighted by molar-refractivity contribution is 7.90. The topological polar surface area (TPSA) is 40.1 Å². The standard InChI is InChI=1S/C12H9ClO2S/c1-16(15)9-6-8-4-2-3-5-10(8)11(7-9)12(13)14/h2-7H,1H3. The lowest BCUT2D eigenvalue weighted by Gasteiger charge is -2.08. The Morgan fingerprint density at radius 1 is 1.31 bits per heavy atom. The molecule has 4 heteroatoms. The van der Waals surface area contributed by atoms with E-state index in [9.17, 15) is 9.35 Å². The summed E-state index contributed by atoms with van der Waals surface area (Å²) in [5.41, 5.74) is 0.407. The molecule has 2 aromatic rings. The van der Waals surface area contributed by atoms with Crippen LogP contribution < -0.4 is 0 Å². The van der Waals surface area contributed by atoms with Crippen LogP contribution in [0.5, 0.6) is 0 Å². The highest BCUT2D eigenvalue weighted by Crippen LogP contribution is 2.24. The number of carbonyl (C=O) groups is 1. The predicted molar refractivity (Wildman–Crippen MR) is 66.5 cm³/mol. The van der Waals surface area contributed by atoms with Crippen LogP contribution >= 0.6 is 11.6 Å².